The van der Waals surface area contributed by atoms with Crippen LogP contribution in [0.4, 0.5) is 5.82 Å². The minimum atomic E-state index is -1.11. The molecule has 1 fully saturated rings. The van der Waals surface area contributed by atoms with Gasteiger partial charge in [0.05, 0.1) is 19.0 Å². The van der Waals surface area contributed by atoms with Gasteiger partial charge in [0.15, 0.2) is 17.3 Å². The molecule has 1 saturated carbocycles. The van der Waals surface area contributed by atoms with Crippen LogP contribution in [-0.2, 0) is 24.3 Å². The summed E-state index contributed by atoms with van der Waals surface area (Å²) >= 11 is -1.11. The Hall–Kier alpha value is -3.64. The number of nitrogens with one attached hydrogen (secondary N) is 1. The van der Waals surface area contributed by atoms with E-state index >= 15 is 0 Å². The van der Waals surface area contributed by atoms with Gasteiger partial charge in [-0.05, 0) is 37.3 Å². The van der Waals surface area contributed by atoms with E-state index in [4.69, 9.17) is 9.72 Å². The van der Waals surface area contributed by atoms with Crippen LogP contribution in [0.5, 0.6) is 5.88 Å². The van der Waals surface area contributed by atoms with Crippen LogP contribution in [0.3, 0.4) is 0 Å². The molecule has 1 atom stereocenters. The predicted octanol–water partition coefficient (Wildman–Crippen LogP) is 3.32. The van der Waals surface area contributed by atoms with Crippen LogP contribution in [0.1, 0.15) is 50.8 Å². The summed E-state index contributed by atoms with van der Waals surface area (Å²) in [7, 11) is 1.56. The van der Waals surface area contributed by atoms with E-state index in [1.54, 1.807) is 30.1 Å². The number of hydrogen-bond acceptors (Lipinski definition) is 10. The number of methoxy groups -OCH3 is 1. The van der Waals surface area contributed by atoms with Crippen LogP contribution in [0.25, 0.3) is 22.6 Å². The first-order chi connectivity index (χ1) is 18.4. The van der Waals surface area contributed by atoms with Gasteiger partial charge >= 0.3 is 0 Å². The molecular weight excluding hydrogens is 504 g/mol. The monoisotopic (exact) mass is 534 g/mol. The van der Waals surface area contributed by atoms with Gasteiger partial charge in [-0.1, -0.05) is 13.8 Å². The third-order valence-electron chi connectivity index (χ3n) is 6.21. The fraction of sp³-hybridized carbons (Fsp3) is 0.423. The third-order valence-corrected chi connectivity index (χ3v) is 7.44. The van der Waals surface area contributed by atoms with Crippen molar-refractivity contribution in [2.75, 3.05) is 18.2 Å². The summed E-state index contributed by atoms with van der Waals surface area (Å²) in [4.78, 5) is 40.5. The second-order valence-electron chi connectivity index (χ2n) is 9.58. The topological polar surface area (TPSA) is 144 Å². The zero-order valence-electron chi connectivity index (χ0n) is 21.8. The van der Waals surface area contributed by atoms with Crippen molar-refractivity contribution in [1.82, 2.24) is 34.5 Å². The lowest BCUT2D eigenvalue weighted by molar-refractivity contribution is 0.397. The van der Waals surface area contributed by atoms with Gasteiger partial charge in [0.1, 0.15) is 23.2 Å². The Morgan fingerprint density at radius 1 is 1.16 bits per heavy atom. The summed E-state index contributed by atoms with van der Waals surface area (Å²) in [5.41, 5.74) is 3.03. The molecule has 12 heteroatoms. The summed E-state index contributed by atoms with van der Waals surface area (Å²) in [5.74, 6) is 2.05. The fourth-order valence-electron chi connectivity index (χ4n) is 4.20. The summed E-state index contributed by atoms with van der Waals surface area (Å²) in [6.07, 6.45) is 6.87. The van der Waals surface area contributed by atoms with Crippen molar-refractivity contribution in [3.63, 3.8) is 0 Å². The van der Waals surface area contributed by atoms with Crippen molar-refractivity contribution in [3.05, 3.63) is 52.5 Å². The van der Waals surface area contributed by atoms with Gasteiger partial charge in [0.25, 0.3) is 5.56 Å². The number of pyridine rings is 1. The quantitative estimate of drug-likeness (QED) is 0.301. The average Bonchev–Trinajstić information content (AvgIpc) is 3.78. The number of nitrogens with zero attached hydrogens (tertiary/aromatic N) is 7. The molecule has 0 radical (unpaired) electrons. The molecule has 0 aromatic carbocycles. The molecule has 38 heavy (non-hydrogen) atoms. The first-order valence-corrected chi connectivity index (χ1v) is 14.0. The van der Waals surface area contributed by atoms with Gasteiger partial charge in [0.2, 0.25) is 10.9 Å². The Morgan fingerprint density at radius 2 is 1.97 bits per heavy atom. The SMILES string of the molecule is CC[S+]([O-])c1ccc(CNc2nc3cnc(-c4c(OC)ncnc4C4CC4)nc3n(CC(C)C)c2=O)cn1. The molecule has 1 unspecified atom stereocenters. The highest BCUT2D eigenvalue weighted by Crippen LogP contribution is 2.44. The van der Waals surface area contributed by atoms with Gasteiger partial charge in [0, 0.05) is 42.4 Å². The molecule has 0 aliphatic heterocycles. The Morgan fingerprint density at radius 3 is 2.63 bits per heavy atom. The summed E-state index contributed by atoms with van der Waals surface area (Å²) < 4.78 is 19.1. The Bertz CT molecular complexity index is 1510. The van der Waals surface area contributed by atoms with Crippen LogP contribution in [-0.4, -0.2) is 51.9 Å². The van der Waals surface area contributed by atoms with E-state index in [9.17, 15) is 9.35 Å². The number of ether oxygens (including phenoxy) is 1. The molecule has 1 aliphatic rings. The van der Waals surface area contributed by atoms with Gasteiger partial charge in [-0.25, -0.2) is 29.9 Å². The van der Waals surface area contributed by atoms with E-state index in [-0.39, 0.29) is 17.3 Å². The predicted molar refractivity (Wildman–Crippen MR) is 144 cm³/mol. The van der Waals surface area contributed by atoms with E-state index in [2.05, 4.69) is 30.2 Å². The molecule has 1 aliphatic carbocycles. The first-order valence-electron chi connectivity index (χ1n) is 12.6. The van der Waals surface area contributed by atoms with Crippen LogP contribution in [0.2, 0.25) is 0 Å². The number of rotatable bonds is 10. The Labute approximate surface area is 223 Å². The highest BCUT2D eigenvalue weighted by Gasteiger charge is 2.31. The molecule has 0 spiro atoms. The highest BCUT2D eigenvalue weighted by molar-refractivity contribution is 7.91. The second kappa shape index (κ2) is 11.0. The van der Waals surface area contributed by atoms with Crippen LogP contribution in [0, 0.1) is 5.92 Å². The van der Waals surface area contributed by atoms with E-state index < -0.39 is 11.2 Å². The van der Waals surface area contributed by atoms with Crippen molar-refractivity contribution in [2.45, 2.75) is 57.6 Å². The zero-order chi connectivity index (χ0) is 26.8. The summed E-state index contributed by atoms with van der Waals surface area (Å²) in [5, 5.41) is 3.68. The Balaban J connectivity index is 1.52. The number of hydrogen-bond donors (Lipinski definition) is 1. The Kier molecular flexibility index (Phi) is 7.52. The summed E-state index contributed by atoms with van der Waals surface area (Å²) in [6.45, 7) is 6.73. The van der Waals surface area contributed by atoms with Crippen LogP contribution in [0.15, 0.2) is 40.7 Å². The lowest BCUT2D eigenvalue weighted by Crippen LogP contribution is -2.28. The molecule has 198 valence electrons. The molecule has 4 aromatic rings. The van der Waals surface area contributed by atoms with Gasteiger partial charge in [-0.2, -0.15) is 0 Å². The second-order valence-corrected chi connectivity index (χ2v) is 11.3. The maximum Gasteiger partial charge on any atom is 0.294 e. The third kappa shape index (κ3) is 5.32. The fourth-order valence-corrected chi connectivity index (χ4v) is 4.89. The lowest BCUT2D eigenvalue weighted by Gasteiger charge is -2.16. The van der Waals surface area contributed by atoms with Crippen molar-refractivity contribution >= 4 is 28.2 Å². The maximum absolute atomic E-state index is 13.6. The molecule has 0 bridgehead atoms. The van der Waals surface area contributed by atoms with Crippen molar-refractivity contribution in [1.29, 1.82) is 0 Å². The van der Waals surface area contributed by atoms with Crippen molar-refractivity contribution in [2.24, 2.45) is 5.92 Å². The molecule has 5 rings (SSSR count). The lowest BCUT2D eigenvalue weighted by atomic mass is 10.1. The molecule has 0 amide bonds. The normalized spacial score (nSPS) is 14.2. The summed E-state index contributed by atoms with van der Waals surface area (Å²) in [6, 6.07) is 3.59. The largest absolute Gasteiger partial charge is 0.610 e. The van der Waals surface area contributed by atoms with E-state index in [0.717, 1.165) is 24.1 Å². The van der Waals surface area contributed by atoms with Crippen LogP contribution >= 0.6 is 0 Å². The highest BCUT2D eigenvalue weighted by atomic mass is 32.2. The van der Waals surface area contributed by atoms with E-state index in [1.807, 2.05) is 26.8 Å². The van der Waals surface area contributed by atoms with E-state index in [0.29, 0.717) is 58.2 Å². The minimum absolute atomic E-state index is 0.192. The van der Waals surface area contributed by atoms with Crippen LogP contribution < -0.4 is 15.6 Å². The first kappa shape index (κ1) is 26.0. The molecule has 1 N–H and O–H groups in total. The molecular formula is C26H30N8O3S. The standard InChI is InChI=1S/C26H30N8O3S/c1-5-38(36)19-9-6-16(10-27-19)11-28-23-26(35)34(13-15(2)3)24-18(32-23)12-29-22(33-24)20-21(17-7-8-17)30-14-31-25(20)37-4/h6,9-10,12,14-15,17H,5,7-8,11,13H2,1-4H3,(H,28,32). The minimum Gasteiger partial charge on any atom is -0.610 e. The number of aromatic nitrogens is 7. The number of anilines is 1. The van der Waals surface area contributed by atoms with Crippen molar-refractivity contribution in [3.8, 4) is 17.3 Å². The maximum atomic E-state index is 13.6. The zero-order valence-corrected chi connectivity index (χ0v) is 22.7. The van der Waals surface area contributed by atoms with Gasteiger partial charge in [-0.15, -0.1) is 0 Å². The number of fused-ring (bicyclic) bond motifs is 1. The molecule has 4 heterocycles. The average molecular weight is 535 g/mol. The van der Waals surface area contributed by atoms with Crippen molar-refractivity contribution < 1.29 is 9.29 Å². The molecule has 0 saturated heterocycles. The van der Waals surface area contributed by atoms with Gasteiger partial charge in [-0.3, -0.25) is 9.36 Å². The smallest absolute Gasteiger partial charge is 0.294 e. The molecule has 11 nitrogen and oxygen atoms in total. The van der Waals surface area contributed by atoms with Gasteiger partial charge < -0.3 is 14.6 Å². The van der Waals surface area contributed by atoms with E-state index in [1.165, 1.54) is 6.33 Å². The molecule has 4 aromatic heterocycles.